The van der Waals surface area contributed by atoms with Gasteiger partial charge in [0.15, 0.2) is 0 Å². The molecule has 0 aromatic carbocycles. The number of methoxy groups -OCH3 is 1. The van der Waals surface area contributed by atoms with E-state index in [1.165, 1.54) is 16.9 Å². The van der Waals surface area contributed by atoms with Gasteiger partial charge in [-0.2, -0.15) is 5.26 Å². The number of primary amides is 1. The number of aromatic nitrogens is 1. The molecule has 2 bridgehead atoms. The lowest BCUT2D eigenvalue weighted by atomic mass is 9.77. The van der Waals surface area contributed by atoms with Gasteiger partial charge in [0, 0.05) is 19.2 Å². The summed E-state index contributed by atoms with van der Waals surface area (Å²) in [6.45, 7) is 5.47. The van der Waals surface area contributed by atoms with E-state index in [9.17, 15) is 24.4 Å². The first-order chi connectivity index (χ1) is 21.3. The van der Waals surface area contributed by atoms with Crippen LogP contribution in [0.3, 0.4) is 0 Å². The summed E-state index contributed by atoms with van der Waals surface area (Å²) in [4.78, 5) is 61.7. The Morgan fingerprint density at radius 2 is 1.96 bits per heavy atom. The van der Waals surface area contributed by atoms with Gasteiger partial charge in [-0.1, -0.05) is 13.8 Å². The Balaban J connectivity index is 1.36. The molecule has 6 rings (SSSR count). The van der Waals surface area contributed by atoms with E-state index in [1.54, 1.807) is 25.3 Å². The molecule has 3 N–H and O–H groups in total. The number of nitriles is 1. The third-order valence-electron chi connectivity index (χ3n) is 11.3. The van der Waals surface area contributed by atoms with Gasteiger partial charge in [-0.3, -0.25) is 19.4 Å². The predicted molar refractivity (Wildman–Crippen MR) is 157 cm³/mol. The van der Waals surface area contributed by atoms with Crippen molar-refractivity contribution in [2.45, 2.75) is 82.8 Å². The Labute approximate surface area is 261 Å². The third kappa shape index (κ3) is 5.06. The van der Waals surface area contributed by atoms with E-state index in [0.29, 0.717) is 24.3 Å². The summed E-state index contributed by atoms with van der Waals surface area (Å²) in [5.74, 6) is -2.26. The highest BCUT2D eigenvalue weighted by Gasteiger charge is 2.65. The molecule has 3 heterocycles. The number of hydrogen-bond donors (Lipinski definition) is 2. The second-order valence-electron chi connectivity index (χ2n) is 14.1. The van der Waals surface area contributed by atoms with Crippen LogP contribution in [0.1, 0.15) is 51.6 Å². The molecule has 9 atom stereocenters. The Morgan fingerprint density at radius 1 is 1.22 bits per heavy atom. The second kappa shape index (κ2) is 11.1. The highest BCUT2D eigenvalue weighted by molar-refractivity contribution is 5.94. The van der Waals surface area contributed by atoms with Crippen molar-refractivity contribution in [2.24, 2.45) is 40.7 Å². The monoisotopic (exact) mass is 624 g/mol. The minimum atomic E-state index is -1.71. The number of halogens is 1. The number of nitrogens with one attached hydrogen (secondary N) is 1. The molecule has 1 aromatic heterocycles. The van der Waals surface area contributed by atoms with E-state index in [2.05, 4.69) is 16.4 Å². The molecule has 5 aliphatic rings. The summed E-state index contributed by atoms with van der Waals surface area (Å²) < 4.78 is 26.3. The molecular formula is C32H41FN6O6. The lowest BCUT2D eigenvalue weighted by Crippen LogP contribution is -2.61. The quantitative estimate of drug-likeness (QED) is 0.443. The number of alkyl carbamates (subject to hydrolysis) is 1. The number of alkyl halides is 1. The van der Waals surface area contributed by atoms with E-state index >= 15 is 4.39 Å². The molecule has 4 amide bonds. The molecule has 0 unspecified atom stereocenters. The topological polar surface area (TPSA) is 168 Å². The fourth-order valence-electron chi connectivity index (χ4n) is 8.70. The van der Waals surface area contributed by atoms with Crippen LogP contribution in [0.15, 0.2) is 18.3 Å². The number of carbonyl (C=O) groups is 4. The van der Waals surface area contributed by atoms with Crippen LogP contribution in [0, 0.1) is 53.3 Å². The molecule has 12 nitrogen and oxygen atoms in total. The first-order valence-corrected chi connectivity index (χ1v) is 15.7. The summed E-state index contributed by atoms with van der Waals surface area (Å²) in [7, 11) is 1.22. The molecular weight excluding hydrogens is 583 g/mol. The van der Waals surface area contributed by atoms with Crippen molar-refractivity contribution in [1.82, 2.24) is 20.1 Å². The first kappa shape index (κ1) is 31.0. The maximum atomic E-state index is 15.3. The zero-order chi connectivity index (χ0) is 32.4. The van der Waals surface area contributed by atoms with Gasteiger partial charge in [0.05, 0.1) is 25.4 Å². The number of nitrogens with two attached hydrogens (primary N) is 1. The Bertz CT molecular complexity index is 1450. The van der Waals surface area contributed by atoms with Gasteiger partial charge in [0.25, 0.3) is 5.91 Å². The highest BCUT2D eigenvalue weighted by Crippen LogP contribution is 2.59. The van der Waals surface area contributed by atoms with Crippen LogP contribution >= 0.6 is 0 Å². The fourth-order valence-corrected chi connectivity index (χ4v) is 8.70. The molecule has 0 spiro atoms. The van der Waals surface area contributed by atoms with Crippen LogP contribution in [0.4, 0.5) is 9.18 Å². The van der Waals surface area contributed by atoms with Gasteiger partial charge in [-0.25, -0.2) is 9.18 Å². The van der Waals surface area contributed by atoms with Crippen molar-refractivity contribution in [3.63, 3.8) is 0 Å². The lowest BCUT2D eigenvalue weighted by Gasteiger charge is -2.39. The largest absolute Gasteiger partial charge is 0.474 e. The molecule has 13 heteroatoms. The van der Waals surface area contributed by atoms with Crippen molar-refractivity contribution in [3.8, 4) is 11.8 Å². The summed E-state index contributed by atoms with van der Waals surface area (Å²) in [6, 6.07) is 2.26. The fraction of sp³-hybridized carbons (Fsp3) is 0.688. The summed E-state index contributed by atoms with van der Waals surface area (Å²) in [5, 5.41) is 12.9. The number of hydrogen-bond acceptors (Lipinski definition) is 8. The molecule has 242 valence electrons. The minimum Gasteiger partial charge on any atom is -0.474 e. The molecule has 1 aromatic rings. The van der Waals surface area contributed by atoms with Gasteiger partial charge in [0.1, 0.15) is 30.0 Å². The Morgan fingerprint density at radius 3 is 2.58 bits per heavy atom. The van der Waals surface area contributed by atoms with E-state index in [-0.39, 0.29) is 37.3 Å². The number of pyridine rings is 1. The number of carbonyl (C=O) groups excluding carboxylic acids is 4. The number of aryl methyl sites for hydroxylation is 1. The Kier molecular flexibility index (Phi) is 7.68. The second-order valence-corrected chi connectivity index (χ2v) is 14.1. The number of ether oxygens (including phenoxy) is 2. The van der Waals surface area contributed by atoms with Crippen molar-refractivity contribution in [2.75, 3.05) is 20.2 Å². The molecule has 3 saturated carbocycles. The number of amides is 4. The number of fused-ring (bicyclic) bond motifs is 5. The minimum absolute atomic E-state index is 0.0264. The van der Waals surface area contributed by atoms with Crippen molar-refractivity contribution < 1.29 is 33.0 Å². The molecule has 2 aliphatic heterocycles. The van der Waals surface area contributed by atoms with E-state index in [4.69, 9.17) is 15.2 Å². The molecule has 5 fully saturated rings. The van der Waals surface area contributed by atoms with Gasteiger partial charge >= 0.3 is 6.09 Å². The van der Waals surface area contributed by atoms with Crippen LogP contribution in [-0.2, 0) is 19.1 Å². The van der Waals surface area contributed by atoms with Gasteiger partial charge in [-0.15, -0.1) is 0 Å². The molecule has 0 radical (unpaired) electrons. The summed E-state index contributed by atoms with van der Waals surface area (Å²) in [6.07, 6.45) is 2.38. The summed E-state index contributed by atoms with van der Waals surface area (Å²) in [5.41, 5.74) is 4.03. The summed E-state index contributed by atoms with van der Waals surface area (Å²) >= 11 is 0. The third-order valence-corrected chi connectivity index (χ3v) is 11.3. The smallest absolute Gasteiger partial charge is 0.407 e. The van der Waals surface area contributed by atoms with Crippen LogP contribution in [0.2, 0.25) is 0 Å². The van der Waals surface area contributed by atoms with Crippen LogP contribution in [0.25, 0.3) is 0 Å². The first-order valence-electron chi connectivity index (χ1n) is 15.7. The van der Waals surface area contributed by atoms with E-state index < -0.39 is 71.0 Å². The maximum Gasteiger partial charge on any atom is 0.407 e. The van der Waals surface area contributed by atoms with Crippen LogP contribution in [0.5, 0.6) is 5.75 Å². The lowest BCUT2D eigenvalue weighted by molar-refractivity contribution is -0.149. The normalized spacial score (nSPS) is 34.2. The van der Waals surface area contributed by atoms with Crippen molar-refractivity contribution >= 4 is 23.8 Å². The standard InChI is InChI=1S/C32H41FN6O6/c1-16-23(6-5-9-36-16)45-32(29(35)42)12-19(13-34)39(15-32)27(40)25-24-20-10-17(11-22(20)33)21(24)14-38(25)28(41)26(37-30(43)44-4)31(2,3)18-7-8-18/h5-6,9,17-22,24-26H,7-8,10-12,14-15H2,1-4H3,(H2,35,42)(H,37,43)/t17-,19-,20+,21+,22+,24-,25-,26+,32+/m0/s1. The number of likely N-dealkylation sites (tertiary alicyclic amines) is 2. The SMILES string of the molecule is COC(=O)N[C@H](C(=O)N1C[C@@H]2[C@H]3C[C@@H]([C@@H]2[C@H]1C(=O)N1C[C@@](Oc2cccnc2C)(C(N)=O)C[C@H]1C#N)[C@H](F)C3)C(C)(C)C1CC1. The predicted octanol–water partition coefficient (Wildman–Crippen LogP) is 2.10. The average molecular weight is 625 g/mol. The van der Waals surface area contributed by atoms with Crippen LogP contribution in [-0.4, -0.2) is 88.7 Å². The van der Waals surface area contributed by atoms with Crippen molar-refractivity contribution in [1.29, 1.82) is 5.26 Å². The zero-order valence-electron chi connectivity index (χ0n) is 26.1. The van der Waals surface area contributed by atoms with E-state index in [1.807, 2.05) is 13.8 Å². The average Bonchev–Trinajstić information content (AvgIpc) is 3.38. The number of rotatable bonds is 8. The zero-order valence-corrected chi connectivity index (χ0v) is 26.1. The van der Waals surface area contributed by atoms with Gasteiger partial charge in [0.2, 0.25) is 17.4 Å². The highest BCUT2D eigenvalue weighted by atomic mass is 19.1. The molecule has 45 heavy (non-hydrogen) atoms. The van der Waals surface area contributed by atoms with E-state index in [0.717, 1.165) is 12.8 Å². The van der Waals surface area contributed by atoms with Gasteiger partial charge < -0.3 is 30.3 Å². The van der Waals surface area contributed by atoms with Crippen molar-refractivity contribution in [3.05, 3.63) is 24.0 Å². The van der Waals surface area contributed by atoms with Crippen LogP contribution < -0.4 is 15.8 Å². The number of nitrogens with zero attached hydrogens (tertiary/aromatic N) is 4. The Hall–Kier alpha value is -3.95. The maximum absolute atomic E-state index is 15.3. The van der Waals surface area contributed by atoms with Gasteiger partial charge in [-0.05, 0) is 79.7 Å². The molecule has 2 saturated heterocycles. The molecule has 3 aliphatic carbocycles.